The van der Waals surface area contributed by atoms with Gasteiger partial charge in [-0.15, -0.1) is 0 Å². The number of aromatic nitrogens is 4. The number of amides is 1. The third kappa shape index (κ3) is 7.21. The summed E-state index contributed by atoms with van der Waals surface area (Å²) in [7, 11) is -2.97. The second-order valence-electron chi connectivity index (χ2n) is 8.65. The first-order valence-electron chi connectivity index (χ1n) is 12.6. The van der Waals surface area contributed by atoms with Crippen LogP contribution in [0.1, 0.15) is 37.4 Å². The molecule has 4 atom stereocenters. The van der Waals surface area contributed by atoms with Crippen LogP contribution in [0.2, 0.25) is 0 Å². The first kappa shape index (κ1) is 31.1. The first-order chi connectivity index (χ1) is 19.1. The van der Waals surface area contributed by atoms with Crippen molar-refractivity contribution in [2.75, 3.05) is 38.6 Å². The first-order valence-corrected chi connectivity index (χ1v) is 14.1. The van der Waals surface area contributed by atoms with Crippen LogP contribution in [0.25, 0.3) is 11.2 Å². The Hall–Kier alpha value is -3.41. The van der Waals surface area contributed by atoms with Gasteiger partial charge in [0.1, 0.15) is 35.9 Å². The molecule has 0 unspecified atom stereocenters. The summed E-state index contributed by atoms with van der Waals surface area (Å²) in [6.07, 6.45) is -2.75. The standard InChI is InChI=1S/C18H20N6O8S.C6H15N/c1-19-15-12-16(21-7-20-15)24(8-22-12)18-14(27)13(26)11(32-18)6-31-33(29,30)23-17(28)9-4-2-3-5-10(9)25;1-4-7(5-2)6-3/h2-5,7-8,11,13-14,18,25-27H,6H2,1H3,(H,23,28)(H,19,20,21);4-6H2,1-3H3/t11-,13-,14-,18-;/m1./s1. The van der Waals surface area contributed by atoms with Crippen molar-refractivity contribution in [3.63, 3.8) is 0 Å². The lowest BCUT2D eigenvalue weighted by Gasteiger charge is -2.16. The summed E-state index contributed by atoms with van der Waals surface area (Å²) in [5.74, 6) is -1.08. The van der Waals surface area contributed by atoms with E-state index in [9.17, 15) is 28.5 Å². The van der Waals surface area contributed by atoms with Crippen molar-refractivity contribution >= 4 is 33.2 Å². The number of nitrogens with one attached hydrogen (secondary N) is 2. The van der Waals surface area contributed by atoms with Gasteiger partial charge in [-0.05, 0) is 31.8 Å². The molecule has 0 saturated carbocycles. The van der Waals surface area contributed by atoms with Gasteiger partial charge >= 0.3 is 10.3 Å². The highest BCUT2D eigenvalue weighted by molar-refractivity contribution is 7.85. The Labute approximate surface area is 232 Å². The van der Waals surface area contributed by atoms with Gasteiger partial charge in [0.25, 0.3) is 5.91 Å². The number of fused-ring (bicyclic) bond motifs is 1. The average Bonchev–Trinajstić information content (AvgIpc) is 3.49. The summed E-state index contributed by atoms with van der Waals surface area (Å²) in [5.41, 5.74) is 0.446. The molecule has 1 saturated heterocycles. The molecule has 220 valence electrons. The van der Waals surface area contributed by atoms with Crippen LogP contribution in [0.3, 0.4) is 0 Å². The van der Waals surface area contributed by atoms with Crippen molar-refractivity contribution in [1.29, 1.82) is 0 Å². The van der Waals surface area contributed by atoms with Crippen molar-refractivity contribution in [1.82, 2.24) is 29.1 Å². The number of ether oxygens (including phenoxy) is 1. The van der Waals surface area contributed by atoms with Crippen molar-refractivity contribution in [3.8, 4) is 5.75 Å². The molecule has 40 heavy (non-hydrogen) atoms. The number of nitrogens with zero attached hydrogens (tertiary/aromatic N) is 5. The number of imidazole rings is 1. The van der Waals surface area contributed by atoms with E-state index >= 15 is 0 Å². The van der Waals surface area contributed by atoms with E-state index in [1.807, 2.05) is 0 Å². The van der Waals surface area contributed by atoms with Crippen LogP contribution in [-0.4, -0.2) is 106 Å². The van der Waals surface area contributed by atoms with Crippen molar-refractivity contribution in [3.05, 3.63) is 42.5 Å². The van der Waals surface area contributed by atoms with E-state index in [1.54, 1.807) is 11.8 Å². The maximum absolute atomic E-state index is 12.2. The number of aliphatic hydroxyl groups excluding tert-OH is 2. The minimum atomic E-state index is -4.62. The monoisotopic (exact) mass is 581 g/mol. The van der Waals surface area contributed by atoms with E-state index < -0.39 is 53.1 Å². The quantitative estimate of drug-likeness (QED) is 0.218. The highest BCUT2D eigenvalue weighted by atomic mass is 32.2. The van der Waals surface area contributed by atoms with E-state index in [4.69, 9.17) is 8.92 Å². The molecular weight excluding hydrogens is 546 g/mol. The number of benzene rings is 1. The number of phenolic OH excluding ortho intramolecular Hbond substituents is 1. The van der Waals surface area contributed by atoms with Crippen LogP contribution in [0, 0.1) is 0 Å². The molecule has 0 spiro atoms. The van der Waals surface area contributed by atoms with E-state index in [0.717, 1.165) is 0 Å². The van der Waals surface area contributed by atoms with Gasteiger partial charge in [-0.3, -0.25) is 13.5 Å². The van der Waals surface area contributed by atoms with Crippen LogP contribution in [-0.2, 0) is 19.2 Å². The Bertz CT molecular complexity index is 1380. The van der Waals surface area contributed by atoms with Crippen LogP contribution >= 0.6 is 0 Å². The van der Waals surface area contributed by atoms with E-state index in [0.29, 0.717) is 17.0 Å². The number of hydrogen-bond acceptors (Lipinski definition) is 13. The highest BCUT2D eigenvalue weighted by Crippen LogP contribution is 2.32. The maximum Gasteiger partial charge on any atom is 0.362 e. The molecule has 15 nitrogen and oxygen atoms in total. The fraction of sp³-hybridized carbons (Fsp3) is 0.500. The fourth-order valence-corrected chi connectivity index (χ4v) is 4.72. The minimum absolute atomic E-state index is 0.271. The number of para-hydroxylation sites is 1. The Morgan fingerprint density at radius 1 is 1.10 bits per heavy atom. The summed E-state index contributed by atoms with van der Waals surface area (Å²) in [6, 6.07) is 5.35. The average molecular weight is 582 g/mol. The summed E-state index contributed by atoms with van der Waals surface area (Å²) >= 11 is 0. The lowest BCUT2D eigenvalue weighted by atomic mass is 10.1. The SMILES string of the molecule is CCN(CC)CC.CNc1ncnc2c1ncn2[C@@H]1O[C@H](COS(=O)(=O)NC(=O)c2ccccc2O)[C@@H](O)[C@H]1O. The Kier molecular flexibility index (Phi) is 10.7. The van der Waals surface area contributed by atoms with Crippen LogP contribution in [0.15, 0.2) is 36.9 Å². The Balaban J connectivity index is 0.000000559. The molecule has 0 bridgehead atoms. The molecule has 0 radical (unpaired) electrons. The molecule has 3 aromatic rings. The van der Waals surface area contributed by atoms with Crippen molar-refractivity contribution < 1.29 is 37.5 Å². The van der Waals surface area contributed by atoms with Crippen molar-refractivity contribution in [2.24, 2.45) is 0 Å². The number of aliphatic hydroxyl groups is 2. The normalized spacial score (nSPS) is 20.8. The highest BCUT2D eigenvalue weighted by Gasteiger charge is 2.45. The molecule has 1 fully saturated rings. The predicted molar refractivity (Wildman–Crippen MR) is 145 cm³/mol. The molecule has 4 rings (SSSR count). The number of carbonyl (C=O) groups is 1. The van der Waals surface area contributed by atoms with Gasteiger partial charge in [-0.2, -0.15) is 8.42 Å². The number of hydrogen-bond donors (Lipinski definition) is 5. The van der Waals surface area contributed by atoms with Crippen LogP contribution < -0.4 is 10.0 Å². The lowest BCUT2D eigenvalue weighted by molar-refractivity contribution is -0.0468. The number of phenols is 1. The molecule has 16 heteroatoms. The molecule has 1 amide bonds. The zero-order valence-corrected chi connectivity index (χ0v) is 23.4. The van der Waals surface area contributed by atoms with Crippen LogP contribution in [0.5, 0.6) is 5.75 Å². The van der Waals surface area contributed by atoms with Gasteiger partial charge in [0.15, 0.2) is 17.7 Å². The number of aromatic hydroxyl groups is 1. The molecule has 0 aliphatic carbocycles. The molecule has 1 aliphatic rings. The zero-order chi connectivity index (χ0) is 29.4. The summed E-state index contributed by atoms with van der Waals surface area (Å²) in [6.45, 7) is 9.42. The minimum Gasteiger partial charge on any atom is -0.507 e. The third-order valence-electron chi connectivity index (χ3n) is 6.30. The van der Waals surface area contributed by atoms with Gasteiger partial charge in [0.05, 0.1) is 18.5 Å². The molecule has 1 aromatic carbocycles. The van der Waals surface area contributed by atoms with Gasteiger partial charge in [-0.25, -0.2) is 19.7 Å². The van der Waals surface area contributed by atoms with E-state index in [-0.39, 0.29) is 5.56 Å². The Morgan fingerprint density at radius 3 is 2.38 bits per heavy atom. The largest absolute Gasteiger partial charge is 0.507 e. The lowest BCUT2D eigenvalue weighted by Crippen LogP contribution is -2.37. The zero-order valence-electron chi connectivity index (χ0n) is 22.6. The Morgan fingerprint density at radius 2 is 1.77 bits per heavy atom. The molecule has 5 N–H and O–H groups in total. The molecule has 2 aromatic heterocycles. The maximum atomic E-state index is 12.2. The van der Waals surface area contributed by atoms with Crippen LogP contribution in [0.4, 0.5) is 5.82 Å². The molecule has 3 heterocycles. The van der Waals surface area contributed by atoms with Gasteiger partial charge < -0.3 is 30.3 Å². The predicted octanol–water partition coefficient (Wildman–Crippen LogP) is 0.232. The molecular formula is C24H35N7O8S. The van der Waals surface area contributed by atoms with Crippen molar-refractivity contribution in [2.45, 2.75) is 45.3 Å². The van der Waals surface area contributed by atoms with E-state index in [2.05, 4.69) is 45.9 Å². The van der Waals surface area contributed by atoms with Gasteiger partial charge in [-0.1, -0.05) is 32.9 Å². The number of rotatable bonds is 10. The summed E-state index contributed by atoms with van der Waals surface area (Å²) in [4.78, 5) is 26.8. The molecule has 1 aliphatic heterocycles. The second kappa shape index (κ2) is 13.8. The number of carbonyl (C=O) groups excluding carboxylic acids is 1. The van der Waals surface area contributed by atoms with Gasteiger partial charge in [0, 0.05) is 7.05 Å². The topological polar surface area (TPSA) is 201 Å². The second-order valence-corrected chi connectivity index (χ2v) is 10.00. The fourth-order valence-electron chi connectivity index (χ4n) is 4.01. The third-order valence-corrected chi connectivity index (χ3v) is 7.18. The summed E-state index contributed by atoms with van der Waals surface area (Å²) in [5, 5.41) is 33.3. The summed E-state index contributed by atoms with van der Waals surface area (Å²) < 4.78 is 37.7. The number of anilines is 1. The smallest absolute Gasteiger partial charge is 0.362 e. The van der Waals surface area contributed by atoms with Gasteiger partial charge in [0.2, 0.25) is 0 Å². The van der Waals surface area contributed by atoms with E-state index in [1.165, 1.54) is 61.1 Å².